The molecule has 1 unspecified atom stereocenters. The Balaban J connectivity index is 0.00000288. The van der Waals surface area contributed by atoms with E-state index in [4.69, 9.17) is 4.42 Å². The van der Waals surface area contributed by atoms with Gasteiger partial charge in [0.25, 0.3) is 0 Å². The minimum Gasteiger partial charge on any atom is -0.467 e. The number of rotatable bonds is 6. The Hall–Kier alpha value is -0.970. The molecule has 24 heavy (non-hydrogen) atoms. The van der Waals surface area contributed by atoms with Gasteiger partial charge in [-0.25, -0.2) is 4.99 Å². The molecule has 2 heterocycles. The standard InChI is InChI=1S/C15H23F3N4O.HI/c1-2-19-14(21-9-13-4-3-7-23-13)20-8-12-5-6-22(10-12)11-15(16,17)18;/h3-4,7,12H,2,5-6,8-11H2,1H3,(H2,19,20,21);1H. The van der Waals surface area contributed by atoms with Gasteiger partial charge in [0.1, 0.15) is 12.3 Å². The van der Waals surface area contributed by atoms with Gasteiger partial charge < -0.3 is 15.1 Å². The molecule has 0 radical (unpaired) electrons. The van der Waals surface area contributed by atoms with Gasteiger partial charge in [-0.05, 0) is 37.9 Å². The topological polar surface area (TPSA) is 52.8 Å². The van der Waals surface area contributed by atoms with Crippen molar-refractivity contribution in [3.8, 4) is 0 Å². The highest BCUT2D eigenvalue weighted by atomic mass is 127. The summed E-state index contributed by atoms with van der Waals surface area (Å²) in [6.45, 7) is 3.84. The number of nitrogens with one attached hydrogen (secondary N) is 2. The Morgan fingerprint density at radius 1 is 1.42 bits per heavy atom. The first-order valence-electron chi connectivity index (χ1n) is 7.80. The maximum absolute atomic E-state index is 12.4. The summed E-state index contributed by atoms with van der Waals surface area (Å²) in [7, 11) is 0. The summed E-state index contributed by atoms with van der Waals surface area (Å²) in [5, 5.41) is 6.32. The summed E-state index contributed by atoms with van der Waals surface area (Å²) in [6, 6.07) is 3.65. The molecule has 0 spiro atoms. The summed E-state index contributed by atoms with van der Waals surface area (Å²) in [5.74, 6) is 1.61. The molecule has 2 N–H and O–H groups in total. The van der Waals surface area contributed by atoms with E-state index in [1.807, 2.05) is 13.0 Å². The molecular formula is C15H24F3IN4O. The van der Waals surface area contributed by atoms with E-state index >= 15 is 0 Å². The molecule has 2 rings (SSSR count). The Labute approximate surface area is 157 Å². The third kappa shape index (κ3) is 7.73. The predicted molar refractivity (Wildman–Crippen MR) is 97.5 cm³/mol. The van der Waals surface area contributed by atoms with Gasteiger partial charge in [0.15, 0.2) is 5.96 Å². The Morgan fingerprint density at radius 2 is 2.21 bits per heavy atom. The van der Waals surface area contributed by atoms with Crippen molar-refractivity contribution >= 4 is 29.9 Å². The first kappa shape index (κ1) is 21.1. The van der Waals surface area contributed by atoms with E-state index in [-0.39, 0.29) is 29.9 Å². The van der Waals surface area contributed by atoms with E-state index in [0.29, 0.717) is 32.1 Å². The molecule has 1 aliphatic heterocycles. The van der Waals surface area contributed by atoms with Gasteiger partial charge in [-0.3, -0.25) is 4.90 Å². The van der Waals surface area contributed by atoms with E-state index in [1.165, 1.54) is 4.90 Å². The molecule has 0 saturated carbocycles. The smallest absolute Gasteiger partial charge is 0.401 e. The van der Waals surface area contributed by atoms with Crippen molar-refractivity contribution in [2.45, 2.75) is 26.1 Å². The van der Waals surface area contributed by atoms with Crippen LogP contribution in [-0.2, 0) is 6.54 Å². The van der Waals surface area contributed by atoms with Crippen molar-refractivity contribution in [3.63, 3.8) is 0 Å². The number of halogens is 4. The van der Waals surface area contributed by atoms with Crippen molar-refractivity contribution in [2.24, 2.45) is 10.9 Å². The average molecular weight is 460 g/mol. The van der Waals surface area contributed by atoms with Gasteiger partial charge in [-0.2, -0.15) is 13.2 Å². The predicted octanol–water partition coefficient (Wildman–Crippen LogP) is 2.84. The van der Waals surface area contributed by atoms with Gasteiger partial charge in [-0.1, -0.05) is 0 Å². The van der Waals surface area contributed by atoms with Crippen LogP contribution in [0.15, 0.2) is 27.8 Å². The van der Waals surface area contributed by atoms with Crippen molar-refractivity contribution in [2.75, 3.05) is 32.7 Å². The molecule has 1 saturated heterocycles. The maximum Gasteiger partial charge on any atom is 0.401 e. The van der Waals surface area contributed by atoms with Crippen LogP contribution in [0.5, 0.6) is 0 Å². The number of furan rings is 1. The van der Waals surface area contributed by atoms with E-state index in [0.717, 1.165) is 18.7 Å². The lowest BCUT2D eigenvalue weighted by molar-refractivity contribution is -0.143. The molecule has 1 aliphatic rings. The number of likely N-dealkylation sites (tertiary alicyclic amines) is 1. The monoisotopic (exact) mass is 460 g/mol. The van der Waals surface area contributed by atoms with Crippen LogP contribution in [0, 0.1) is 5.92 Å². The normalized spacial score (nSPS) is 19.2. The minimum absolute atomic E-state index is 0. The third-order valence-electron chi connectivity index (χ3n) is 3.65. The second-order valence-electron chi connectivity index (χ2n) is 5.66. The summed E-state index contributed by atoms with van der Waals surface area (Å²) in [5.41, 5.74) is 0. The zero-order chi connectivity index (χ0) is 16.7. The van der Waals surface area contributed by atoms with Gasteiger partial charge in [-0.15, -0.1) is 24.0 Å². The first-order chi connectivity index (χ1) is 11.0. The van der Waals surface area contributed by atoms with Crippen LogP contribution in [0.3, 0.4) is 0 Å². The second-order valence-corrected chi connectivity index (χ2v) is 5.66. The number of hydrogen-bond donors (Lipinski definition) is 2. The Bertz CT molecular complexity index is 493. The fourth-order valence-corrected chi connectivity index (χ4v) is 2.62. The van der Waals surface area contributed by atoms with Crippen LogP contribution >= 0.6 is 24.0 Å². The van der Waals surface area contributed by atoms with Crippen LogP contribution in [0.1, 0.15) is 19.1 Å². The van der Waals surface area contributed by atoms with Crippen LogP contribution in [0.25, 0.3) is 0 Å². The molecule has 5 nitrogen and oxygen atoms in total. The van der Waals surface area contributed by atoms with Crippen molar-refractivity contribution in [1.29, 1.82) is 0 Å². The van der Waals surface area contributed by atoms with Crippen LogP contribution in [-0.4, -0.2) is 49.8 Å². The maximum atomic E-state index is 12.4. The molecule has 1 atom stereocenters. The number of guanidine groups is 1. The number of hydrogen-bond acceptors (Lipinski definition) is 3. The molecule has 0 bridgehead atoms. The first-order valence-corrected chi connectivity index (χ1v) is 7.80. The molecule has 1 fully saturated rings. The molecule has 1 aromatic heterocycles. The summed E-state index contributed by atoms with van der Waals surface area (Å²) in [4.78, 5) is 5.86. The van der Waals surface area contributed by atoms with Crippen LogP contribution in [0.4, 0.5) is 13.2 Å². The quantitative estimate of drug-likeness (QED) is 0.390. The lowest BCUT2D eigenvalue weighted by Gasteiger charge is -2.18. The number of aliphatic imine (C=N–C) groups is 1. The molecule has 0 aliphatic carbocycles. The van der Waals surface area contributed by atoms with Gasteiger partial charge in [0.05, 0.1) is 12.8 Å². The minimum atomic E-state index is -4.12. The van der Waals surface area contributed by atoms with E-state index in [9.17, 15) is 13.2 Å². The zero-order valence-corrected chi connectivity index (χ0v) is 15.9. The SMILES string of the molecule is CCNC(=NCc1ccco1)NCC1CCN(CC(F)(F)F)C1.I. The molecule has 0 amide bonds. The number of nitrogens with zero attached hydrogens (tertiary/aromatic N) is 2. The molecular weight excluding hydrogens is 436 g/mol. The van der Waals surface area contributed by atoms with E-state index < -0.39 is 12.7 Å². The highest BCUT2D eigenvalue weighted by Crippen LogP contribution is 2.22. The zero-order valence-electron chi connectivity index (χ0n) is 13.6. The molecule has 1 aromatic rings. The summed E-state index contributed by atoms with van der Waals surface area (Å²) in [6.07, 6.45) is -1.76. The van der Waals surface area contributed by atoms with Gasteiger partial charge >= 0.3 is 6.18 Å². The molecule has 138 valence electrons. The van der Waals surface area contributed by atoms with Crippen molar-refractivity contribution in [1.82, 2.24) is 15.5 Å². The largest absolute Gasteiger partial charge is 0.467 e. The van der Waals surface area contributed by atoms with Crippen molar-refractivity contribution < 1.29 is 17.6 Å². The van der Waals surface area contributed by atoms with Crippen molar-refractivity contribution in [3.05, 3.63) is 24.2 Å². The van der Waals surface area contributed by atoms with E-state index in [2.05, 4.69) is 15.6 Å². The highest BCUT2D eigenvalue weighted by Gasteiger charge is 2.34. The van der Waals surface area contributed by atoms with Gasteiger partial charge in [0.2, 0.25) is 0 Å². The number of alkyl halides is 3. The lowest BCUT2D eigenvalue weighted by Crippen LogP contribution is -2.40. The Morgan fingerprint density at radius 3 is 2.83 bits per heavy atom. The van der Waals surface area contributed by atoms with Crippen LogP contribution in [0.2, 0.25) is 0 Å². The molecule has 9 heteroatoms. The molecule has 0 aromatic carbocycles. The third-order valence-corrected chi connectivity index (χ3v) is 3.65. The van der Waals surface area contributed by atoms with Crippen LogP contribution < -0.4 is 10.6 Å². The Kier molecular flexibility index (Phi) is 8.88. The highest BCUT2D eigenvalue weighted by molar-refractivity contribution is 14.0. The summed E-state index contributed by atoms with van der Waals surface area (Å²) < 4.78 is 42.4. The van der Waals surface area contributed by atoms with E-state index in [1.54, 1.807) is 12.3 Å². The second kappa shape index (κ2) is 10.1. The fourth-order valence-electron chi connectivity index (χ4n) is 2.62. The summed E-state index contributed by atoms with van der Waals surface area (Å²) >= 11 is 0. The van der Waals surface area contributed by atoms with Gasteiger partial charge in [0, 0.05) is 19.6 Å². The average Bonchev–Trinajstić information content (AvgIpc) is 3.12. The lowest BCUT2D eigenvalue weighted by atomic mass is 10.1. The fraction of sp³-hybridized carbons (Fsp3) is 0.667.